The van der Waals surface area contributed by atoms with Crippen molar-refractivity contribution in [1.29, 1.82) is 0 Å². The van der Waals surface area contributed by atoms with Crippen molar-refractivity contribution in [2.24, 2.45) is 0 Å². The smallest absolute Gasteiger partial charge is 0.0568 e. The molecule has 0 spiro atoms. The topological polar surface area (TPSA) is 12.0 Å². The van der Waals surface area contributed by atoms with Crippen LogP contribution >= 0.6 is 39.3 Å². The largest absolute Gasteiger partial charge is 0.381 e. The van der Waals surface area contributed by atoms with E-state index in [0.717, 1.165) is 15.2 Å². The first-order chi connectivity index (χ1) is 6.75. The molecular formula is C10H11BrClNS. The molecule has 14 heavy (non-hydrogen) atoms. The molecule has 0 aliphatic carbocycles. The molecule has 1 aliphatic rings. The van der Waals surface area contributed by atoms with Crippen LogP contribution in [0.1, 0.15) is 6.42 Å². The average Bonchev–Trinajstić information content (AvgIpc) is 2.64. The highest BCUT2D eigenvalue weighted by Gasteiger charge is 2.14. The van der Waals surface area contributed by atoms with Gasteiger partial charge in [0.1, 0.15) is 0 Å². The highest BCUT2D eigenvalue weighted by atomic mass is 79.9. The Morgan fingerprint density at radius 3 is 3.00 bits per heavy atom. The number of halogens is 2. The SMILES string of the molecule is Clc1cc(NC2CCSC2)ccc1Br. The molecule has 1 saturated heterocycles. The van der Waals surface area contributed by atoms with E-state index in [0.29, 0.717) is 6.04 Å². The predicted octanol–water partition coefficient (Wildman–Crippen LogP) is 4.02. The zero-order chi connectivity index (χ0) is 9.97. The number of hydrogen-bond donors (Lipinski definition) is 1. The van der Waals surface area contributed by atoms with E-state index in [4.69, 9.17) is 11.6 Å². The van der Waals surface area contributed by atoms with E-state index in [1.54, 1.807) is 0 Å². The second kappa shape index (κ2) is 4.77. The van der Waals surface area contributed by atoms with Gasteiger partial charge in [0.15, 0.2) is 0 Å². The van der Waals surface area contributed by atoms with E-state index in [1.165, 1.54) is 17.9 Å². The molecule has 2 rings (SSSR count). The quantitative estimate of drug-likeness (QED) is 0.883. The van der Waals surface area contributed by atoms with Crippen LogP contribution in [0.4, 0.5) is 5.69 Å². The first-order valence-corrected chi connectivity index (χ1v) is 6.87. The lowest BCUT2D eigenvalue weighted by atomic mass is 10.2. The molecule has 1 aliphatic heterocycles. The zero-order valence-electron chi connectivity index (χ0n) is 7.59. The Bertz CT molecular complexity index is 326. The van der Waals surface area contributed by atoms with Crippen molar-refractivity contribution in [2.75, 3.05) is 16.8 Å². The second-order valence-corrected chi connectivity index (χ2v) is 5.75. The van der Waals surface area contributed by atoms with Crippen molar-refractivity contribution in [3.63, 3.8) is 0 Å². The van der Waals surface area contributed by atoms with Gasteiger partial charge in [-0.05, 0) is 46.3 Å². The van der Waals surface area contributed by atoms with Crippen LogP contribution in [-0.4, -0.2) is 17.5 Å². The van der Waals surface area contributed by atoms with E-state index in [2.05, 4.69) is 27.3 Å². The number of hydrogen-bond acceptors (Lipinski definition) is 2. The maximum Gasteiger partial charge on any atom is 0.0568 e. The first-order valence-electron chi connectivity index (χ1n) is 4.55. The Morgan fingerprint density at radius 1 is 1.50 bits per heavy atom. The molecule has 1 atom stereocenters. The molecule has 0 bridgehead atoms. The zero-order valence-corrected chi connectivity index (χ0v) is 10.8. The Kier molecular flexibility index (Phi) is 3.63. The van der Waals surface area contributed by atoms with Crippen molar-refractivity contribution < 1.29 is 0 Å². The van der Waals surface area contributed by atoms with Gasteiger partial charge in [-0.25, -0.2) is 0 Å². The van der Waals surface area contributed by atoms with Gasteiger partial charge in [-0.3, -0.25) is 0 Å². The van der Waals surface area contributed by atoms with Gasteiger partial charge < -0.3 is 5.32 Å². The minimum absolute atomic E-state index is 0.609. The molecule has 1 N–H and O–H groups in total. The monoisotopic (exact) mass is 291 g/mol. The van der Waals surface area contributed by atoms with Crippen LogP contribution in [0.2, 0.25) is 5.02 Å². The van der Waals surface area contributed by atoms with Gasteiger partial charge in [0.05, 0.1) is 5.02 Å². The van der Waals surface area contributed by atoms with Crippen molar-refractivity contribution in [3.8, 4) is 0 Å². The molecule has 1 heterocycles. The summed E-state index contributed by atoms with van der Waals surface area (Å²) in [6, 6.07) is 6.61. The molecule has 1 aromatic rings. The number of nitrogens with one attached hydrogen (secondary N) is 1. The van der Waals surface area contributed by atoms with Gasteiger partial charge in [0, 0.05) is 22.0 Å². The van der Waals surface area contributed by atoms with Gasteiger partial charge >= 0.3 is 0 Å². The fourth-order valence-electron chi connectivity index (χ4n) is 1.47. The van der Waals surface area contributed by atoms with Crippen LogP contribution in [0.3, 0.4) is 0 Å². The lowest BCUT2D eigenvalue weighted by Crippen LogP contribution is -2.17. The van der Waals surface area contributed by atoms with Gasteiger partial charge in [0.2, 0.25) is 0 Å². The summed E-state index contributed by atoms with van der Waals surface area (Å²) in [5.74, 6) is 2.47. The Balaban J connectivity index is 2.05. The third kappa shape index (κ3) is 2.59. The third-order valence-corrected chi connectivity index (χ3v) is 4.62. The third-order valence-electron chi connectivity index (χ3n) is 2.22. The van der Waals surface area contributed by atoms with Gasteiger partial charge in [-0.2, -0.15) is 11.8 Å². The minimum Gasteiger partial charge on any atom is -0.381 e. The average molecular weight is 293 g/mol. The normalized spacial score (nSPS) is 21.1. The first kappa shape index (κ1) is 10.7. The van der Waals surface area contributed by atoms with E-state index < -0.39 is 0 Å². The van der Waals surface area contributed by atoms with E-state index >= 15 is 0 Å². The summed E-state index contributed by atoms with van der Waals surface area (Å²) >= 11 is 11.4. The van der Waals surface area contributed by atoms with Crippen molar-refractivity contribution >= 4 is 45.0 Å². The number of thioether (sulfide) groups is 1. The minimum atomic E-state index is 0.609. The fraction of sp³-hybridized carbons (Fsp3) is 0.400. The van der Waals surface area contributed by atoms with Crippen molar-refractivity contribution in [3.05, 3.63) is 27.7 Å². The summed E-state index contributed by atoms with van der Waals surface area (Å²) in [5.41, 5.74) is 1.12. The lowest BCUT2D eigenvalue weighted by molar-refractivity contribution is 0.813. The predicted molar refractivity (Wildman–Crippen MR) is 68.5 cm³/mol. The lowest BCUT2D eigenvalue weighted by Gasteiger charge is -2.13. The Labute approximate surface area is 102 Å². The molecule has 1 nitrogen and oxygen atoms in total. The number of benzene rings is 1. The van der Waals surface area contributed by atoms with E-state index in [1.807, 2.05) is 23.9 Å². The molecule has 1 fully saturated rings. The van der Waals surface area contributed by atoms with Gasteiger partial charge in [0.25, 0.3) is 0 Å². The summed E-state index contributed by atoms with van der Waals surface area (Å²) < 4.78 is 0.950. The fourth-order valence-corrected chi connectivity index (χ4v) is 3.05. The van der Waals surface area contributed by atoms with Crippen molar-refractivity contribution in [1.82, 2.24) is 0 Å². The van der Waals surface area contributed by atoms with Crippen LogP contribution in [0.25, 0.3) is 0 Å². The van der Waals surface area contributed by atoms with Gasteiger partial charge in [-0.15, -0.1) is 0 Å². The molecular weight excluding hydrogens is 282 g/mol. The molecule has 1 aromatic carbocycles. The van der Waals surface area contributed by atoms with Crippen molar-refractivity contribution in [2.45, 2.75) is 12.5 Å². The highest BCUT2D eigenvalue weighted by Crippen LogP contribution is 2.27. The standard InChI is InChI=1S/C10H11BrClNS/c11-9-2-1-7(5-10(9)12)13-8-3-4-14-6-8/h1-2,5,8,13H,3-4,6H2. The molecule has 76 valence electrons. The molecule has 1 unspecified atom stereocenters. The maximum absolute atomic E-state index is 6.01. The second-order valence-electron chi connectivity index (χ2n) is 3.33. The number of anilines is 1. The summed E-state index contributed by atoms with van der Waals surface area (Å²) in [5, 5.41) is 4.25. The number of rotatable bonds is 2. The van der Waals surface area contributed by atoms with Crippen LogP contribution in [-0.2, 0) is 0 Å². The summed E-state index contributed by atoms with van der Waals surface area (Å²) in [6.07, 6.45) is 1.25. The maximum atomic E-state index is 6.01. The van der Waals surface area contributed by atoms with Crippen LogP contribution in [0.5, 0.6) is 0 Å². The van der Waals surface area contributed by atoms with E-state index in [9.17, 15) is 0 Å². The summed E-state index contributed by atoms with van der Waals surface area (Å²) in [4.78, 5) is 0. The summed E-state index contributed by atoms with van der Waals surface area (Å²) in [7, 11) is 0. The van der Waals surface area contributed by atoms with Crippen LogP contribution < -0.4 is 5.32 Å². The molecule has 0 saturated carbocycles. The molecule has 4 heteroatoms. The molecule has 0 radical (unpaired) electrons. The Morgan fingerprint density at radius 2 is 2.36 bits per heavy atom. The van der Waals surface area contributed by atoms with Gasteiger partial charge in [-0.1, -0.05) is 11.6 Å². The van der Waals surface area contributed by atoms with Crippen LogP contribution in [0.15, 0.2) is 22.7 Å². The van der Waals surface area contributed by atoms with Crippen LogP contribution in [0, 0.1) is 0 Å². The molecule has 0 amide bonds. The molecule has 0 aromatic heterocycles. The van der Waals surface area contributed by atoms with E-state index in [-0.39, 0.29) is 0 Å². The Hall–Kier alpha value is 0.140. The highest BCUT2D eigenvalue weighted by molar-refractivity contribution is 9.10. The summed E-state index contributed by atoms with van der Waals surface area (Å²) in [6.45, 7) is 0.